The summed E-state index contributed by atoms with van der Waals surface area (Å²) in [5.74, 6) is -0.195. The van der Waals surface area contributed by atoms with Crippen molar-refractivity contribution in [2.24, 2.45) is 5.92 Å². The summed E-state index contributed by atoms with van der Waals surface area (Å²) in [7, 11) is 0. The summed E-state index contributed by atoms with van der Waals surface area (Å²) >= 11 is 0. The number of rotatable bonds is 6. The maximum absolute atomic E-state index is 12.3. The number of benzene rings is 1. The molecule has 0 spiro atoms. The van der Waals surface area contributed by atoms with Crippen molar-refractivity contribution in [2.45, 2.75) is 26.6 Å². The second-order valence-corrected chi connectivity index (χ2v) is 5.32. The highest BCUT2D eigenvalue weighted by Gasteiger charge is 2.27. The summed E-state index contributed by atoms with van der Waals surface area (Å²) in [6, 6.07) is 14.3. The SMILES string of the molecule is CC(C)[C@H](Oc1ccccc1C#N)C(=O)OCc1ccccn1. The molecule has 0 aliphatic carbocycles. The van der Waals surface area contributed by atoms with E-state index in [0.29, 0.717) is 17.0 Å². The van der Waals surface area contributed by atoms with Crippen molar-refractivity contribution < 1.29 is 14.3 Å². The lowest BCUT2D eigenvalue weighted by Gasteiger charge is -2.21. The van der Waals surface area contributed by atoms with Crippen molar-refractivity contribution in [3.05, 3.63) is 59.9 Å². The van der Waals surface area contributed by atoms with Gasteiger partial charge in [-0.3, -0.25) is 4.98 Å². The normalized spacial score (nSPS) is 11.6. The number of para-hydroxylation sites is 1. The summed E-state index contributed by atoms with van der Waals surface area (Å²) in [5, 5.41) is 9.11. The third-order valence-electron chi connectivity index (χ3n) is 3.19. The molecule has 0 saturated heterocycles. The minimum atomic E-state index is -0.784. The lowest BCUT2D eigenvalue weighted by Crippen LogP contribution is -2.34. The van der Waals surface area contributed by atoms with Gasteiger partial charge >= 0.3 is 5.97 Å². The van der Waals surface area contributed by atoms with Crippen molar-refractivity contribution >= 4 is 5.97 Å². The first kappa shape index (κ1) is 16.5. The number of aromatic nitrogens is 1. The topological polar surface area (TPSA) is 72.2 Å². The number of hydrogen-bond acceptors (Lipinski definition) is 5. The van der Waals surface area contributed by atoms with Crippen LogP contribution in [-0.2, 0) is 16.1 Å². The fourth-order valence-electron chi connectivity index (χ4n) is 1.97. The Hall–Kier alpha value is -2.87. The van der Waals surface area contributed by atoms with E-state index in [0.717, 1.165) is 0 Å². The zero-order chi connectivity index (χ0) is 16.7. The third-order valence-corrected chi connectivity index (χ3v) is 3.19. The molecule has 1 heterocycles. The molecular weight excluding hydrogens is 292 g/mol. The highest BCUT2D eigenvalue weighted by atomic mass is 16.6. The van der Waals surface area contributed by atoms with Gasteiger partial charge in [0.05, 0.1) is 11.3 Å². The van der Waals surface area contributed by atoms with E-state index in [1.165, 1.54) is 0 Å². The number of carbonyl (C=O) groups excluding carboxylic acids is 1. The van der Waals surface area contributed by atoms with Gasteiger partial charge in [-0.1, -0.05) is 32.0 Å². The zero-order valence-electron chi connectivity index (χ0n) is 13.1. The van der Waals surface area contributed by atoms with Gasteiger partial charge in [0, 0.05) is 12.1 Å². The number of hydrogen-bond donors (Lipinski definition) is 0. The van der Waals surface area contributed by atoms with Crippen molar-refractivity contribution in [1.29, 1.82) is 5.26 Å². The van der Waals surface area contributed by atoms with Crippen molar-refractivity contribution in [1.82, 2.24) is 4.98 Å². The van der Waals surface area contributed by atoms with Crippen LogP contribution in [0.15, 0.2) is 48.7 Å². The molecule has 0 fully saturated rings. The molecule has 0 saturated carbocycles. The summed E-state index contributed by atoms with van der Waals surface area (Å²) in [6.45, 7) is 3.81. The minimum Gasteiger partial charge on any atom is -0.477 e. The molecule has 0 bridgehead atoms. The van der Waals surface area contributed by atoms with Crippen LogP contribution in [0.25, 0.3) is 0 Å². The summed E-state index contributed by atoms with van der Waals surface area (Å²) < 4.78 is 11.0. The lowest BCUT2D eigenvalue weighted by molar-refractivity contribution is -0.155. The van der Waals surface area contributed by atoms with E-state index in [-0.39, 0.29) is 12.5 Å². The average Bonchev–Trinajstić information content (AvgIpc) is 2.58. The molecule has 2 rings (SSSR count). The Balaban J connectivity index is 2.06. The summed E-state index contributed by atoms with van der Waals surface area (Å²) in [6.07, 6.45) is 0.858. The Morgan fingerprint density at radius 1 is 1.22 bits per heavy atom. The Labute approximate surface area is 135 Å². The highest BCUT2D eigenvalue weighted by molar-refractivity contribution is 5.75. The van der Waals surface area contributed by atoms with Gasteiger partial charge in [-0.25, -0.2) is 4.79 Å². The minimum absolute atomic E-state index is 0.0894. The predicted octanol–water partition coefficient (Wildman–Crippen LogP) is 3.10. The van der Waals surface area contributed by atoms with E-state index in [9.17, 15) is 4.79 Å². The van der Waals surface area contributed by atoms with Crippen LogP contribution in [0.1, 0.15) is 25.1 Å². The molecule has 5 nitrogen and oxygen atoms in total. The molecule has 23 heavy (non-hydrogen) atoms. The van der Waals surface area contributed by atoms with Gasteiger partial charge in [0.15, 0.2) is 6.10 Å². The van der Waals surface area contributed by atoms with Crippen LogP contribution in [0.3, 0.4) is 0 Å². The average molecular weight is 310 g/mol. The second-order valence-electron chi connectivity index (χ2n) is 5.32. The number of carbonyl (C=O) groups is 1. The molecule has 1 aromatic carbocycles. The predicted molar refractivity (Wildman–Crippen MR) is 84.4 cm³/mol. The first-order chi connectivity index (χ1) is 11.1. The van der Waals surface area contributed by atoms with E-state index in [1.807, 2.05) is 26.0 Å². The van der Waals surface area contributed by atoms with E-state index in [4.69, 9.17) is 14.7 Å². The highest BCUT2D eigenvalue weighted by Crippen LogP contribution is 2.21. The maximum atomic E-state index is 12.3. The summed E-state index contributed by atoms with van der Waals surface area (Å²) in [4.78, 5) is 16.4. The monoisotopic (exact) mass is 310 g/mol. The van der Waals surface area contributed by atoms with Crippen LogP contribution in [0.4, 0.5) is 0 Å². The Morgan fingerprint density at radius 3 is 2.61 bits per heavy atom. The maximum Gasteiger partial charge on any atom is 0.347 e. The molecular formula is C18H18N2O3. The van der Waals surface area contributed by atoms with Crippen molar-refractivity contribution in [2.75, 3.05) is 0 Å². The molecule has 1 atom stereocenters. The van der Waals surface area contributed by atoms with Gasteiger partial charge < -0.3 is 9.47 Å². The lowest BCUT2D eigenvalue weighted by atomic mass is 10.1. The van der Waals surface area contributed by atoms with Crippen molar-refractivity contribution in [3.8, 4) is 11.8 Å². The molecule has 0 amide bonds. The van der Waals surface area contributed by atoms with Crippen LogP contribution in [0.2, 0.25) is 0 Å². The van der Waals surface area contributed by atoms with Gasteiger partial charge in [-0.05, 0) is 24.3 Å². The first-order valence-corrected chi connectivity index (χ1v) is 7.34. The molecule has 0 unspecified atom stereocenters. The molecule has 0 N–H and O–H groups in total. The van der Waals surface area contributed by atoms with Gasteiger partial charge in [0.2, 0.25) is 0 Å². The third kappa shape index (κ3) is 4.55. The molecule has 2 aromatic rings. The molecule has 0 radical (unpaired) electrons. The first-order valence-electron chi connectivity index (χ1n) is 7.34. The van der Waals surface area contributed by atoms with Crippen molar-refractivity contribution in [3.63, 3.8) is 0 Å². The molecule has 5 heteroatoms. The number of esters is 1. The number of ether oxygens (including phenoxy) is 2. The molecule has 0 aliphatic heterocycles. The number of pyridine rings is 1. The fourth-order valence-corrected chi connectivity index (χ4v) is 1.97. The van der Waals surface area contributed by atoms with E-state index >= 15 is 0 Å². The van der Waals surface area contributed by atoms with E-state index in [2.05, 4.69) is 4.98 Å². The quantitative estimate of drug-likeness (QED) is 0.767. The largest absolute Gasteiger partial charge is 0.477 e. The van der Waals surface area contributed by atoms with Crippen LogP contribution < -0.4 is 4.74 Å². The number of nitrogens with zero attached hydrogens (tertiary/aromatic N) is 2. The van der Waals surface area contributed by atoms with Gasteiger partial charge in [0.1, 0.15) is 18.4 Å². The fraction of sp³-hybridized carbons (Fsp3) is 0.278. The van der Waals surface area contributed by atoms with Crippen LogP contribution >= 0.6 is 0 Å². The second kappa shape index (κ2) is 7.95. The Morgan fingerprint density at radius 2 is 1.96 bits per heavy atom. The Bertz CT molecular complexity index is 693. The van der Waals surface area contributed by atoms with Crippen LogP contribution in [0, 0.1) is 17.2 Å². The molecule has 118 valence electrons. The Kier molecular flexibility index (Phi) is 5.70. The van der Waals surface area contributed by atoms with E-state index < -0.39 is 12.1 Å². The van der Waals surface area contributed by atoms with E-state index in [1.54, 1.807) is 42.6 Å². The summed E-state index contributed by atoms with van der Waals surface area (Å²) in [5.41, 5.74) is 1.05. The van der Waals surface area contributed by atoms with Gasteiger partial charge in [-0.15, -0.1) is 0 Å². The molecule has 0 aliphatic rings. The smallest absolute Gasteiger partial charge is 0.347 e. The standard InChI is InChI=1S/C18H18N2O3/c1-13(2)17(23-16-9-4-3-7-14(16)11-19)18(21)22-12-15-8-5-6-10-20-15/h3-10,13,17H,12H2,1-2H3/t17-/m0/s1. The van der Waals surface area contributed by atoms with Gasteiger partial charge in [-0.2, -0.15) is 5.26 Å². The number of nitriles is 1. The zero-order valence-corrected chi connectivity index (χ0v) is 13.1. The van der Waals surface area contributed by atoms with Crippen LogP contribution in [-0.4, -0.2) is 17.1 Å². The molecule has 1 aromatic heterocycles. The van der Waals surface area contributed by atoms with Crippen LogP contribution in [0.5, 0.6) is 5.75 Å². The van der Waals surface area contributed by atoms with Gasteiger partial charge in [0.25, 0.3) is 0 Å².